The number of hydrogen-bond donors (Lipinski definition) is 1. The van der Waals surface area contributed by atoms with Gasteiger partial charge in [-0.2, -0.15) is 0 Å². The zero-order valence-corrected chi connectivity index (χ0v) is 12.3. The van der Waals surface area contributed by atoms with Crippen molar-refractivity contribution in [3.05, 3.63) is 59.7 Å². The molecular weight excluding hydrogens is 262 g/mol. The van der Waals surface area contributed by atoms with Gasteiger partial charge in [-0.25, -0.2) is 4.99 Å². The van der Waals surface area contributed by atoms with E-state index in [1.54, 1.807) is 0 Å². The lowest BCUT2D eigenvalue weighted by Crippen LogP contribution is -2.17. The molecule has 0 atom stereocenters. The van der Waals surface area contributed by atoms with E-state index in [0.717, 1.165) is 22.3 Å². The van der Waals surface area contributed by atoms with Crippen molar-refractivity contribution in [2.75, 3.05) is 6.61 Å². The van der Waals surface area contributed by atoms with Crippen molar-refractivity contribution in [1.29, 1.82) is 0 Å². The third kappa shape index (κ3) is 2.83. The van der Waals surface area contributed by atoms with Crippen LogP contribution in [0.5, 0.6) is 0 Å². The van der Waals surface area contributed by atoms with Crippen molar-refractivity contribution < 1.29 is 9.84 Å². The number of hydrogen-bond acceptors (Lipinski definition) is 3. The summed E-state index contributed by atoms with van der Waals surface area (Å²) in [4.78, 5) is 4.66. The summed E-state index contributed by atoms with van der Waals surface area (Å²) in [6, 6.07) is 16.0. The first-order valence-electron chi connectivity index (χ1n) is 7.11. The molecule has 1 N–H and O–H groups in total. The molecule has 0 saturated heterocycles. The largest absolute Gasteiger partial charge is 0.475 e. The van der Waals surface area contributed by atoms with Crippen molar-refractivity contribution in [2.24, 2.45) is 4.99 Å². The van der Waals surface area contributed by atoms with E-state index in [1.165, 1.54) is 0 Å². The number of rotatable bonds is 3. The predicted molar refractivity (Wildman–Crippen MR) is 84.4 cm³/mol. The summed E-state index contributed by atoms with van der Waals surface area (Å²) in [7, 11) is 0. The van der Waals surface area contributed by atoms with Gasteiger partial charge in [0, 0.05) is 5.56 Å². The van der Waals surface area contributed by atoms with Crippen molar-refractivity contribution in [3.63, 3.8) is 0 Å². The van der Waals surface area contributed by atoms with Crippen LogP contribution in [0.15, 0.2) is 53.5 Å². The standard InChI is InChI=1S/C18H19NO2/c1-18(2)12-21-17(19-18)16-6-4-3-5-15(16)14-9-7-13(11-20)8-10-14/h3-10,20H,11-12H2,1-2H3. The first-order chi connectivity index (χ1) is 10.1. The lowest BCUT2D eigenvalue weighted by Gasteiger charge is -2.10. The van der Waals surface area contributed by atoms with Gasteiger partial charge in [0.2, 0.25) is 5.90 Å². The van der Waals surface area contributed by atoms with E-state index in [4.69, 9.17) is 9.84 Å². The van der Waals surface area contributed by atoms with E-state index in [-0.39, 0.29) is 12.1 Å². The van der Waals surface area contributed by atoms with Crippen LogP contribution in [-0.2, 0) is 11.3 Å². The maximum Gasteiger partial charge on any atom is 0.217 e. The Hall–Kier alpha value is -2.13. The summed E-state index contributed by atoms with van der Waals surface area (Å²) in [6.45, 7) is 4.81. The van der Waals surface area contributed by atoms with Crippen molar-refractivity contribution in [2.45, 2.75) is 26.0 Å². The molecule has 3 nitrogen and oxygen atoms in total. The highest BCUT2D eigenvalue weighted by molar-refractivity contribution is 6.01. The van der Waals surface area contributed by atoms with E-state index in [0.29, 0.717) is 12.5 Å². The molecule has 1 aliphatic rings. The van der Waals surface area contributed by atoms with Crippen LogP contribution in [0.2, 0.25) is 0 Å². The summed E-state index contributed by atoms with van der Waals surface area (Å²) in [5.74, 6) is 0.710. The minimum atomic E-state index is -0.164. The molecule has 0 saturated carbocycles. The maximum atomic E-state index is 9.14. The van der Waals surface area contributed by atoms with E-state index in [1.807, 2.05) is 42.5 Å². The van der Waals surface area contributed by atoms with Crippen LogP contribution in [0.1, 0.15) is 25.0 Å². The third-order valence-corrected chi connectivity index (χ3v) is 3.57. The molecule has 3 rings (SSSR count). The lowest BCUT2D eigenvalue weighted by atomic mass is 9.98. The number of aliphatic hydroxyl groups excluding tert-OH is 1. The molecule has 0 spiro atoms. The number of ether oxygens (including phenoxy) is 1. The second kappa shape index (κ2) is 5.34. The first kappa shape index (κ1) is 13.8. The Morgan fingerprint density at radius 2 is 1.71 bits per heavy atom. The Morgan fingerprint density at radius 3 is 2.29 bits per heavy atom. The SMILES string of the molecule is CC1(C)COC(c2ccccc2-c2ccc(CO)cc2)=N1. The van der Waals surface area contributed by atoms with Gasteiger partial charge in [-0.15, -0.1) is 0 Å². The van der Waals surface area contributed by atoms with Gasteiger partial charge in [0.05, 0.1) is 12.1 Å². The van der Waals surface area contributed by atoms with Crippen LogP contribution >= 0.6 is 0 Å². The Morgan fingerprint density at radius 1 is 1.05 bits per heavy atom. The number of aliphatic imine (C=N–C) groups is 1. The third-order valence-electron chi connectivity index (χ3n) is 3.57. The number of aliphatic hydroxyl groups is 1. The Labute approximate surface area is 124 Å². The van der Waals surface area contributed by atoms with Crippen LogP contribution < -0.4 is 0 Å². The molecular formula is C18H19NO2. The van der Waals surface area contributed by atoms with Crippen LogP contribution in [0, 0.1) is 0 Å². The van der Waals surface area contributed by atoms with Crippen molar-refractivity contribution in [3.8, 4) is 11.1 Å². The Bertz CT molecular complexity index is 672. The molecule has 2 aromatic carbocycles. The fraction of sp³-hybridized carbons (Fsp3) is 0.278. The smallest absolute Gasteiger partial charge is 0.217 e. The monoisotopic (exact) mass is 281 g/mol. The van der Waals surface area contributed by atoms with Crippen LogP contribution in [0.3, 0.4) is 0 Å². The average molecular weight is 281 g/mol. The summed E-state index contributed by atoms with van der Waals surface area (Å²) >= 11 is 0. The summed E-state index contributed by atoms with van der Waals surface area (Å²) in [5.41, 5.74) is 3.95. The van der Waals surface area contributed by atoms with Gasteiger partial charge >= 0.3 is 0 Å². The highest BCUT2D eigenvalue weighted by atomic mass is 16.5. The van der Waals surface area contributed by atoms with Gasteiger partial charge < -0.3 is 9.84 Å². The quantitative estimate of drug-likeness (QED) is 0.937. The zero-order chi connectivity index (χ0) is 14.9. The highest BCUT2D eigenvalue weighted by Crippen LogP contribution is 2.28. The molecule has 0 fully saturated rings. The average Bonchev–Trinajstić information content (AvgIpc) is 2.87. The molecule has 0 bridgehead atoms. The molecule has 1 heterocycles. The minimum absolute atomic E-state index is 0.0614. The van der Waals surface area contributed by atoms with Crippen LogP contribution in [-0.4, -0.2) is 23.2 Å². The summed E-state index contributed by atoms with van der Waals surface area (Å²) in [6.07, 6.45) is 0. The van der Waals surface area contributed by atoms with Crippen LogP contribution in [0.4, 0.5) is 0 Å². The van der Waals surface area contributed by atoms with Gasteiger partial charge in [-0.05, 0) is 36.6 Å². The molecule has 21 heavy (non-hydrogen) atoms. The molecule has 0 aromatic heterocycles. The van der Waals surface area contributed by atoms with Gasteiger partial charge in [-0.1, -0.05) is 42.5 Å². The Kier molecular flexibility index (Phi) is 3.52. The minimum Gasteiger partial charge on any atom is -0.475 e. The zero-order valence-electron chi connectivity index (χ0n) is 12.3. The summed E-state index contributed by atoms with van der Waals surface area (Å²) < 4.78 is 5.77. The molecule has 0 radical (unpaired) electrons. The van der Waals surface area contributed by atoms with Gasteiger partial charge in [0.1, 0.15) is 6.61 Å². The highest BCUT2D eigenvalue weighted by Gasteiger charge is 2.28. The van der Waals surface area contributed by atoms with Gasteiger partial charge in [-0.3, -0.25) is 0 Å². The molecule has 108 valence electrons. The summed E-state index contributed by atoms with van der Waals surface area (Å²) in [5, 5.41) is 9.14. The van der Waals surface area contributed by atoms with Crippen LogP contribution in [0.25, 0.3) is 11.1 Å². The topological polar surface area (TPSA) is 41.8 Å². The molecule has 1 aliphatic heterocycles. The van der Waals surface area contributed by atoms with E-state index in [2.05, 4.69) is 24.9 Å². The fourth-order valence-electron chi connectivity index (χ4n) is 2.43. The first-order valence-corrected chi connectivity index (χ1v) is 7.11. The van der Waals surface area contributed by atoms with Gasteiger partial charge in [0.15, 0.2) is 0 Å². The van der Waals surface area contributed by atoms with Gasteiger partial charge in [0.25, 0.3) is 0 Å². The molecule has 2 aromatic rings. The van der Waals surface area contributed by atoms with E-state index < -0.39 is 0 Å². The molecule has 0 unspecified atom stereocenters. The number of nitrogens with zero attached hydrogens (tertiary/aromatic N) is 1. The second-order valence-corrected chi connectivity index (χ2v) is 5.92. The van der Waals surface area contributed by atoms with Crippen molar-refractivity contribution in [1.82, 2.24) is 0 Å². The molecule has 0 amide bonds. The second-order valence-electron chi connectivity index (χ2n) is 5.92. The predicted octanol–water partition coefficient (Wildman–Crippen LogP) is 3.40. The normalized spacial score (nSPS) is 16.4. The fourth-order valence-corrected chi connectivity index (χ4v) is 2.43. The van der Waals surface area contributed by atoms with E-state index in [9.17, 15) is 0 Å². The lowest BCUT2D eigenvalue weighted by molar-refractivity contribution is 0.279. The van der Waals surface area contributed by atoms with E-state index >= 15 is 0 Å². The number of benzene rings is 2. The maximum absolute atomic E-state index is 9.14. The Balaban J connectivity index is 2.04. The molecule has 3 heteroatoms. The van der Waals surface area contributed by atoms with Crippen molar-refractivity contribution >= 4 is 5.90 Å². The molecule has 0 aliphatic carbocycles.